The Morgan fingerprint density at radius 3 is 2.53 bits per heavy atom. The van der Waals surface area contributed by atoms with Gasteiger partial charge in [-0.2, -0.15) is 0 Å². The molecule has 0 aliphatic rings. The van der Waals surface area contributed by atoms with Crippen molar-refractivity contribution in [3.8, 4) is 0 Å². The Labute approximate surface area is 125 Å². The Morgan fingerprint density at radius 2 is 2.05 bits per heavy atom. The Balaban J connectivity index is 2.79. The van der Waals surface area contributed by atoms with Crippen LogP contribution in [0.2, 0.25) is 4.34 Å². The van der Waals surface area contributed by atoms with E-state index < -0.39 is 0 Å². The lowest BCUT2D eigenvalue weighted by molar-refractivity contribution is 0.0770. The predicted molar refractivity (Wildman–Crippen MR) is 84.5 cm³/mol. The lowest BCUT2D eigenvalue weighted by Crippen LogP contribution is -2.44. The predicted octanol–water partition coefficient (Wildman–Crippen LogP) is 4.87. The quantitative estimate of drug-likeness (QED) is 0.638. The molecule has 0 aromatic carbocycles. The van der Waals surface area contributed by atoms with Gasteiger partial charge in [-0.1, -0.05) is 31.9 Å². The highest BCUT2D eigenvalue weighted by Crippen LogP contribution is 2.24. The molecule has 2 nitrogen and oxygen atoms in total. The van der Waals surface area contributed by atoms with Crippen molar-refractivity contribution in [1.82, 2.24) is 4.90 Å². The number of thiophene rings is 1. The number of hydrogen-bond donors (Lipinski definition) is 0. The van der Waals surface area contributed by atoms with Gasteiger partial charge < -0.3 is 0 Å². The summed E-state index contributed by atoms with van der Waals surface area (Å²) in [5.74, 6) is 0.188. The normalized spacial score (nSPS) is 14.6. The zero-order valence-corrected chi connectivity index (χ0v) is 13.9. The van der Waals surface area contributed by atoms with Crippen molar-refractivity contribution in [1.29, 1.82) is 0 Å². The number of ketones is 1. The maximum absolute atomic E-state index is 12.5. The van der Waals surface area contributed by atoms with E-state index in [9.17, 15) is 4.79 Å². The molecule has 19 heavy (non-hydrogen) atoms. The summed E-state index contributed by atoms with van der Waals surface area (Å²) in [5.41, 5.74) is 0. The second kappa shape index (κ2) is 8.03. The molecule has 0 saturated heterocycles. The van der Waals surface area contributed by atoms with Crippen LogP contribution < -0.4 is 0 Å². The first-order valence-corrected chi connectivity index (χ1v) is 8.25. The van der Waals surface area contributed by atoms with Crippen molar-refractivity contribution < 1.29 is 4.79 Å². The van der Waals surface area contributed by atoms with Crippen LogP contribution in [0.1, 0.15) is 56.6 Å². The molecule has 1 aromatic heterocycles. The van der Waals surface area contributed by atoms with Gasteiger partial charge in [-0.05, 0) is 45.4 Å². The number of Topliss-reactive ketones (excluding diaryl/α,β-unsaturated/α-hetero) is 1. The first-order valence-electron chi connectivity index (χ1n) is 7.06. The summed E-state index contributed by atoms with van der Waals surface area (Å²) in [6.07, 6.45) is 3.35. The van der Waals surface area contributed by atoms with E-state index in [4.69, 9.17) is 11.6 Å². The average molecular weight is 302 g/mol. The fraction of sp³-hybridized carbons (Fsp3) is 0.667. The maximum atomic E-state index is 12.5. The van der Waals surface area contributed by atoms with Gasteiger partial charge in [-0.3, -0.25) is 9.69 Å². The van der Waals surface area contributed by atoms with Gasteiger partial charge in [-0.15, -0.1) is 11.3 Å². The smallest absolute Gasteiger partial charge is 0.189 e. The topological polar surface area (TPSA) is 20.3 Å². The Morgan fingerprint density at radius 1 is 1.37 bits per heavy atom. The van der Waals surface area contributed by atoms with E-state index in [1.807, 2.05) is 13.0 Å². The number of carbonyl (C=O) groups excluding carboxylic acids is 1. The van der Waals surface area contributed by atoms with Crippen molar-refractivity contribution in [3.05, 3.63) is 21.3 Å². The Hall–Kier alpha value is -0.380. The fourth-order valence-corrected chi connectivity index (χ4v) is 3.24. The fourth-order valence-electron chi connectivity index (χ4n) is 2.17. The van der Waals surface area contributed by atoms with Crippen molar-refractivity contribution in [3.63, 3.8) is 0 Å². The average Bonchev–Trinajstić information content (AvgIpc) is 2.84. The van der Waals surface area contributed by atoms with Gasteiger partial charge in [0.05, 0.1) is 15.3 Å². The lowest BCUT2D eigenvalue weighted by atomic mass is 10.1. The molecule has 0 aliphatic heterocycles. The van der Waals surface area contributed by atoms with Gasteiger partial charge in [0.2, 0.25) is 0 Å². The molecular formula is C15H24ClNOS. The van der Waals surface area contributed by atoms with Crippen LogP contribution in [0.15, 0.2) is 12.1 Å². The molecule has 0 radical (unpaired) electrons. The molecule has 0 saturated carbocycles. The first kappa shape index (κ1) is 16.7. The van der Waals surface area contributed by atoms with E-state index in [0.29, 0.717) is 10.4 Å². The molecule has 1 rings (SSSR count). The molecule has 0 bridgehead atoms. The highest BCUT2D eigenvalue weighted by Gasteiger charge is 2.26. The highest BCUT2D eigenvalue weighted by molar-refractivity contribution is 7.18. The monoisotopic (exact) mass is 301 g/mol. The molecule has 2 atom stereocenters. The molecule has 0 aliphatic carbocycles. The van der Waals surface area contributed by atoms with Gasteiger partial charge in [0.1, 0.15) is 0 Å². The summed E-state index contributed by atoms with van der Waals surface area (Å²) in [4.78, 5) is 15.6. The Kier molecular flexibility index (Phi) is 7.05. The minimum atomic E-state index is -0.0729. The number of rotatable bonds is 8. The molecule has 2 unspecified atom stereocenters. The van der Waals surface area contributed by atoms with Crippen molar-refractivity contribution >= 4 is 28.7 Å². The van der Waals surface area contributed by atoms with E-state index in [1.54, 1.807) is 6.07 Å². The summed E-state index contributed by atoms with van der Waals surface area (Å²) in [6, 6.07) is 3.99. The molecule has 1 heterocycles. The highest BCUT2D eigenvalue weighted by atomic mass is 35.5. The molecule has 1 aromatic rings. The standard InChI is InChI=1S/C15H24ClNOS/c1-5-7-10-17(11(3)6-2)12(4)15(18)13-8-9-14(16)19-13/h8-9,11-12H,5-7,10H2,1-4H3. The summed E-state index contributed by atoms with van der Waals surface area (Å²) in [6.45, 7) is 9.54. The maximum Gasteiger partial charge on any atom is 0.189 e. The van der Waals surface area contributed by atoms with Crippen molar-refractivity contribution in [2.24, 2.45) is 0 Å². The number of nitrogens with zero attached hydrogens (tertiary/aromatic N) is 1. The van der Waals surface area contributed by atoms with Crippen LogP contribution in [0.4, 0.5) is 0 Å². The van der Waals surface area contributed by atoms with E-state index in [0.717, 1.165) is 30.7 Å². The summed E-state index contributed by atoms with van der Waals surface area (Å²) >= 11 is 7.29. The number of unbranched alkanes of at least 4 members (excludes halogenated alkanes) is 1. The summed E-state index contributed by atoms with van der Waals surface area (Å²) in [7, 11) is 0. The van der Waals surface area contributed by atoms with Crippen LogP contribution in [0.25, 0.3) is 0 Å². The van der Waals surface area contributed by atoms with Crippen LogP contribution in [-0.4, -0.2) is 29.3 Å². The molecule has 0 fully saturated rings. The Bertz CT molecular complexity index is 405. The largest absolute Gasteiger partial charge is 0.291 e. The first-order chi connectivity index (χ1) is 9.01. The third-order valence-electron chi connectivity index (χ3n) is 3.62. The molecular weight excluding hydrogens is 278 g/mol. The second-order valence-corrected chi connectivity index (χ2v) is 6.71. The molecule has 0 N–H and O–H groups in total. The summed E-state index contributed by atoms with van der Waals surface area (Å²) in [5, 5.41) is 0. The van der Waals surface area contributed by atoms with E-state index in [2.05, 4.69) is 25.7 Å². The van der Waals surface area contributed by atoms with Crippen LogP contribution in [0, 0.1) is 0 Å². The van der Waals surface area contributed by atoms with Crippen LogP contribution in [0.5, 0.6) is 0 Å². The molecule has 0 spiro atoms. The number of hydrogen-bond acceptors (Lipinski definition) is 3. The van der Waals surface area contributed by atoms with Crippen LogP contribution in [0.3, 0.4) is 0 Å². The third-order valence-corrected chi connectivity index (χ3v) is 4.87. The molecule has 108 valence electrons. The van der Waals surface area contributed by atoms with Crippen molar-refractivity contribution in [2.75, 3.05) is 6.54 Å². The minimum absolute atomic E-state index is 0.0729. The van der Waals surface area contributed by atoms with Gasteiger partial charge in [0.15, 0.2) is 5.78 Å². The second-order valence-electron chi connectivity index (χ2n) is 4.99. The SMILES string of the molecule is CCCCN(C(C)CC)C(C)C(=O)c1ccc(Cl)s1. The van der Waals surface area contributed by atoms with Gasteiger partial charge in [0, 0.05) is 6.04 Å². The zero-order chi connectivity index (χ0) is 14.4. The third kappa shape index (κ3) is 4.59. The zero-order valence-electron chi connectivity index (χ0n) is 12.3. The lowest BCUT2D eigenvalue weighted by Gasteiger charge is -2.33. The van der Waals surface area contributed by atoms with Gasteiger partial charge in [-0.25, -0.2) is 0 Å². The summed E-state index contributed by atoms with van der Waals surface area (Å²) < 4.78 is 0.680. The minimum Gasteiger partial charge on any atom is -0.291 e. The molecule has 4 heteroatoms. The van der Waals surface area contributed by atoms with Gasteiger partial charge in [0.25, 0.3) is 0 Å². The van der Waals surface area contributed by atoms with Crippen LogP contribution in [-0.2, 0) is 0 Å². The molecule has 0 amide bonds. The van der Waals surface area contributed by atoms with E-state index in [-0.39, 0.29) is 11.8 Å². The van der Waals surface area contributed by atoms with E-state index >= 15 is 0 Å². The van der Waals surface area contributed by atoms with Crippen molar-refractivity contribution in [2.45, 2.75) is 59.0 Å². The van der Waals surface area contributed by atoms with Gasteiger partial charge >= 0.3 is 0 Å². The van der Waals surface area contributed by atoms with Crippen LogP contribution >= 0.6 is 22.9 Å². The number of carbonyl (C=O) groups is 1. The number of halogens is 1. The van der Waals surface area contributed by atoms with E-state index in [1.165, 1.54) is 11.3 Å².